The smallest absolute Gasteiger partial charge is 0.0814 e. The molecule has 0 saturated carbocycles. The molecule has 4 heteroatoms. The van der Waals surface area contributed by atoms with Gasteiger partial charge in [0, 0.05) is 26.2 Å². The Bertz CT molecular complexity index is 11.6. The number of rotatable bonds is 0. The molecule has 0 amide bonds. The van der Waals surface area contributed by atoms with Gasteiger partial charge in [0.2, 0.25) is 0 Å². The fourth-order valence-electron chi connectivity index (χ4n) is 0. The van der Waals surface area contributed by atoms with Crippen LogP contribution in [0.1, 0.15) is 7.43 Å². The molecule has 34 valence electrons. The molecule has 0 bridgehead atoms. The maximum absolute atomic E-state index is 0. The maximum atomic E-state index is 0. The molecule has 0 aliphatic heterocycles. The van der Waals surface area contributed by atoms with Crippen LogP contribution in [0.4, 0.5) is 0 Å². The van der Waals surface area contributed by atoms with Crippen molar-refractivity contribution in [2.75, 3.05) is 0 Å². The summed E-state index contributed by atoms with van der Waals surface area (Å²) in [5, 5.41) is 0. The predicted molar refractivity (Wildman–Crippen MR) is 33.0 cm³/mol. The first-order valence-corrected chi connectivity index (χ1v) is 0. The molecule has 0 radical (unpaired) electrons. The molecule has 0 spiro atoms. The van der Waals surface area contributed by atoms with E-state index >= 15 is 0 Å². The molecule has 0 aromatic carbocycles. The van der Waals surface area contributed by atoms with Gasteiger partial charge in [-0.1, -0.05) is 7.43 Å². The quantitative estimate of drug-likeness (QED) is 0.426. The molecule has 0 aliphatic carbocycles. The fourth-order valence-corrected chi connectivity index (χ4v) is 0. The van der Waals surface area contributed by atoms with E-state index in [1.54, 1.807) is 0 Å². The van der Waals surface area contributed by atoms with E-state index in [2.05, 4.69) is 0 Å². The normalized spacial score (nSPS) is 0. The summed E-state index contributed by atoms with van der Waals surface area (Å²) in [6, 6.07) is 0. The van der Waals surface area contributed by atoms with Gasteiger partial charge in [0.15, 0.2) is 0 Å². The molecular formula is CH14BNSiZr. The summed E-state index contributed by atoms with van der Waals surface area (Å²) in [6.45, 7) is 0. The van der Waals surface area contributed by atoms with Crippen LogP contribution >= 0.6 is 0 Å². The summed E-state index contributed by atoms with van der Waals surface area (Å²) < 4.78 is 0. The largest absolute Gasteiger partial charge is 0.344 e. The zero-order valence-electron chi connectivity index (χ0n) is 1.21. The molecule has 5 heavy (non-hydrogen) atoms. The van der Waals surface area contributed by atoms with Crippen LogP contribution in [0.3, 0.4) is 0 Å². The first kappa shape index (κ1) is 127. The van der Waals surface area contributed by atoms with Crippen LogP contribution in [0.25, 0.3) is 0 Å². The topological polar surface area (TPSA) is 35.0 Å². The molecule has 0 saturated heterocycles. The summed E-state index contributed by atoms with van der Waals surface area (Å²) in [5.74, 6) is 0. The van der Waals surface area contributed by atoms with Crippen LogP contribution in [0.15, 0.2) is 0 Å². The van der Waals surface area contributed by atoms with Crippen LogP contribution in [0.5, 0.6) is 0 Å². The Morgan fingerprint density at radius 2 is 1.00 bits per heavy atom. The average molecular weight is 170 g/mol. The molecular weight excluding hydrogens is 156 g/mol. The SMILES string of the molecule is B.C.N.[SiH4].[Zr]. The minimum Gasteiger partial charge on any atom is -0.344 e. The Morgan fingerprint density at radius 1 is 1.00 bits per heavy atom. The van der Waals surface area contributed by atoms with E-state index in [4.69, 9.17) is 0 Å². The monoisotopic (exact) mass is 169 g/mol. The summed E-state index contributed by atoms with van der Waals surface area (Å²) in [7, 11) is 0. The van der Waals surface area contributed by atoms with Crippen molar-refractivity contribution < 1.29 is 26.2 Å². The van der Waals surface area contributed by atoms with Gasteiger partial charge < -0.3 is 6.15 Å². The van der Waals surface area contributed by atoms with Gasteiger partial charge in [-0.2, -0.15) is 0 Å². The van der Waals surface area contributed by atoms with Crippen molar-refractivity contribution in [2.45, 2.75) is 7.43 Å². The Hall–Kier alpha value is 1.12. The van der Waals surface area contributed by atoms with Crippen molar-refractivity contribution in [1.82, 2.24) is 6.15 Å². The second kappa shape index (κ2) is 68.9. The molecule has 0 fully saturated rings. The molecule has 0 atom stereocenters. The average Bonchev–Trinajstić information content (AvgIpc) is 0. The van der Waals surface area contributed by atoms with Crippen LogP contribution in [-0.4, -0.2) is 19.4 Å². The van der Waals surface area contributed by atoms with Crippen molar-refractivity contribution in [3.05, 3.63) is 0 Å². The second-order valence-electron chi connectivity index (χ2n) is 0. The van der Waals surface area contributed by atoms with Crippen LogP contribution in [0.2, 0.25) is 0 Å². The molecule has 3 N–H and O–H groups in total. The summed E-state index contributed by atoms with van der Waals surface area (Å²) in [6.07, 6.45) is 0. The third-order valence-electron chi connectivity index (χ3n) is 0. The molecule has 0 aromatic heterocycles. The van der Waals surface area contributed by atoms with Gasteiger partial charge in [0.05, 0.1) is 8.41 Å². The fraction of sp³-hybridized carbons (Fsp3) is 1.00. The van der Waals surface area contributed by atoms with E-state index in [0.717, 1.165) is 0 Å². The van der Waals surface area contributed by atoms with E-state index in [0.29, 0.717) is 0 Å². The molecule has 0 heterocycles. The van der Waals surface area contributed by atoms with E-state index in [-0.39, 0.29) is 59.2 Å². The van der Waals surface area contributed by atoms with Gasteiger partial charge in [0.25, 0.3) is 0 Å². The minimum atomic E-state index is 0. The Balaban J connectivity index is 0. The van der Waals surface area contributed by atoms with E-state index < -0.39 is 0 Å². The Morgan fingerprint density at radius 3 is 1.00 bits per heavy atom. The second-order valence-corrected chi connectivity index (χ2v) is 0. The first-order chi connectivity index (χ1) is 0. The van der Waals surface area contributed by atoms with Gasteiger partial charge in [-0.25, -0.2) is 0 Å². The Labute approximate surface area is 59.2 Å². The molecule has 0 unspecified atom stereocenters. The third kappa shape index (κ3) is 39.5. The zero-order chi connectivity index (χ0) is 0. The molecule has 0 aromatic rings. The third-order valence-corrected chi connectivity index (χ3v) is 0. The van der Waals surface area contributed by atoms with Gasteiger partial charge >= 0.3 is 0 Å². The van der Waals surface area contributed by atoms with E-state index in [9.17, 15) is 0 Å². The van der Waals surface area contributed by atoms with Crippen molar-refractivity contribution in [1.29, 1.82) is 0 Å². The van der Waals surface area contributed by atoms with E-state index in [1.165, 1.54) is 0 Å². The van der Waals surface area contributed by atoms with Gasteiger partial charge in [0.1, 0.15) is 0 Å². The zero-order valence-corrected chi connectivity index (χ0v) is 3.67. The van der Waals surface area contributed by atoms with Crippen molar-refractivity contribution in [2.24, 2.45) is 0 Å². The number of hydrogen-bond donors (Lipinski definition) is 1. The predicted octanol–water partition coefficient (Wildman–Crippen LogP) is -1.84. The van der Waals surface area contributed by atoms with Crippen molar-refractivity contribution in [3.8, 4) is 0 Å². The van der Waals surface area contributed by atoms with E-state index in [1.807, 2.05) is 0 Å². The molecule has 1 nitrogen and oxygen atoms in total. The van der Waals surface area contributed by atoms with Gasteiger partial charge in [-0.15, -0.1) is 0 Å². The van der Waals surface area contributed by atoms with Crippen molar-refractivity contribution in [3.63, 3.8) is 0 Å². The Kier molecular flexibility index (Phi) is 1750. The summed E-state index contributed by atoms with van der Waals surface area (Å²) in [5.41, 5.74) is 0. The van der Waals surface area contributed by atoms with Crippen LogP contribution in [0, 0.1) is 0 Å². The van der Waals surface area contributed by atoms with Crippen molar-refractivity contribution >= 4 is 19.4 Å². The summed E-state index contributed by atoms with van der Waals surface area (Å²) >= 11 is 0. The molecule has 0 rings (SSSR count). The minimum absolute atomic E-state index is 0. The standard InChI is InChI=1S/CH4.BH3.H3N.H4Si.Zr/h1H4;2*1H3;1H4;. The maximum Gasteiger partial charge on any atom is 0.0814 e. The number of hydrogen-bond acceptors (Lipinski definition) is 1. The molecule has 0 aliphatic rings. The van der Waals surface area contributed by atoms with Gasteiger partial charge in [-0.3, -0.25) is 0 Å². The summed E-state index contributed by atoms with van der Waals surface area (Å²) in [4.78, 5) is 0. The first-order valence-electron chi connectivity index (χ1n) is 0. The van der Waals surface area contributed by atoms with Gasteiger partial charge in [-0.05, 0) is 11.0 Å². The van der Waals surface area contributed by atoms with Crippen LogP contribution in [-0.2, 0) is 26.2 Å². The van der Waals surface area contributed by atoms with Crippen LogP contribution < -0.4 is 6.15 Å².